The molecule has 0 aliphatic carbocycles. The molecule has 0 radical (unpaired) electrons. The zero-order valence-electron chi connectivity index (χ0n) is 11.2. The number of ether oxygens (including phenoxy) is 1. The molecule has 4 nitrogen and oxygen atoms in total. The van der Waals surface area contributed by atoms with Crippen molar-refractivity contribution in [1.82, 2.24) is 5.32 Å². The van der Waals surface area contributed by atoms with E-state index in [-0.39, 0.29) is 24.4 Å². The summed E-state index contributed by atoms with van der Waals surface area (Å²) in [5, 5.41) is 3.24. The molecule has 1 atom stereocenters. The molecule has 3 N–H and O–H groups in total. The van der Waals surface area contributed by atoms with Gasteiger partial charge in [0.25, 0.3) is 5.91 Å². The Kier molecular flexibility index (Phi) is 7.13. The third-order valence-corrected chi connectivity index (χ3v) is 3.58. The highest BCUT2D eigenvalue weighted by Crippen LogP contribution is 2.19. The highest BCUT2D eigenvalue weighted by molar-refractivity contribution is 6.34. The molecule has 1 unspecified atom stereocenters. The molecule has 0 saturated carbocycles. The van der Waals surface area contributed by atoms with Crippen molar-refractivity contribution in [2.45, 2.75) is 31.8 Å². The van der Waals surface area contributed by atoms with Crippen LogP contribution in [0.4, 0.5) is 5.69 Å². The SMILES string of the molecule is Cl.Nc1ccc(C(=O)NCCC2CCCCO2)c(Cl)c1. The fraction of sp³-hybridized carbons (Fsp3) is 0.500. The highest BCUT2D eigenvalue weighted by atomic mass is 35.5. The fourth-order valence-electron chi connectivity index (χ4n) is 2.19. The van der Waals surface area contributed by atoms with Gasteiger partial charge in [0, 0.05) is 18.8 Å². The number of rotatable bonds is 4. The van der Waals surface area contributed by atoms with Crippen molar-refractivity contribution >= 4 is 35.6 Å². The van der Waals surface area contributed by atoms with E-state index in [2.05, 4.69) is 5.32 Å². The Bertz CT molecular complexity index is 449. The van der Waals surface area contributed by atoms with Gasteiger partial charge in [-0.1, -0.05) is 11.6 Å². The molecule has 1 aromatic rings. The minimum absolute atomic E-state index is 0. The van der Waals surface area contributed by atoms with E-state index in [4.69, 9.17) is 22.1 Å². The first kappa shape index (κ1) is 17.1. The lowest BCUT2D eigenvalue weighted by molar-refractivity contribution is 0.0117. The summed E-state index contributed by atoms with van der Waals surface area (Å²) in [7, 11) is 0. The van der Waals surface area contributed by atoms with Crippen molar-refractivity contribution in [2.75, 3.05) is 18.9 Å². The molecule has 1 heterocycles. The van der Waals surface area contributed by atoms with Crippen molar-refractivity contribution < 1.29 is 9.53 Å². The third kappa shape index (κ3) is 4.85. The number of amides is 1. The molecule has 0 bridgehead atoms. The Morgan fingerprint density at radius 3 is 2.90 bits per heavy atom. The minimum atomic E-state index is -0.166. The van der Waals surface area contributed by atoms with E-state index >= 15 is 0 Å². The summed E-state index contributed by atoms with van der Waals surface area (Å²) in [5.74, 6) is -0.166. The maximum Gasteiger partial charge on any atom is 0.252 e. The summed E-state index contributed by atoms with van der Waals surface area (Å²) >= 11 is 5.99. The van der Waals surface area contributed by atoms with Gasteiger partial charge in [0.15, 0.2) is 0 Å². The van der Waals surface area contributed by atoms with Crippen molar-refractivity contribution in [3.05, 3.63) is 28.8 Å². The lowest BCUT2D eigenvalue weighted by atomic mass is 10.1. The molecule has 6 heteroatoms. The van der Waals surface area contributed by atoms with Gasteiger partial charge < -0.3 is 15.8 Å². The zero-order valence-corrected chi connectivity index (χ0v) is 12.8. The van der Waals surface area contributed by atoms with E-state index in [1.165, 1.54) is 6.42 Å². The number of halogens is 2. The second-order valence-corrected chi connectivity index (χ2v) is 5.18. The van der Waals surface area contributed by atoms with Crippen LogP contribution < -0.4 is 11.1 Å². The van der Waals surface area contributed by atoms with Gasteiger partial charge in [0.05, 0.1) is 16.7 Å². The number of benzene rings is 1. The lowest BCUT2D eigenvalue weighted by Crippen LogP contribution is -2.29. The quantitative estimate of drug-likeness (QED) is 0.839. The summed E-state index contributed by atoms with van der Waals surface area (Å²) in [4.78, 5) is 11.9. The maximum atomic E-state index is 11.9. The molecular formula is C14H20Cl2N2O2. The summed E-state index contributed by atoms with van der Waals surface area (Å²) in [6, 6.07) is 4.90. The Labute approximate surface area is 130 Å². The molecule has 1 amide bonds. The number of nitrogens with two attached hydrogens (primary N) is 1. The molecular weight excluding hydrogens is 299 g/mol. The molecule has 0 aromatic heterocycles. The van der Waals surface area contributed by atoms with E-state index in [0.29, 0.717) is 22.8 Å². The van der Waals surface area contributed by atoms with Crippen LogP contribution in [0, 0.1) is 0 Å². The maximum absolute atomic E-state index is 11.9. The number of carbonyl (C=O) groups is 1. The molecule has 0 spiro atoms. The van der Waals surface area contributed by atoms with Gasteiger partial charge in [-0.25, -0.2) is 0 Å². The molecule has 1 aromatic carbocycles. The Hall–Kier alpha value is -0.970. The second-order valence-electron chi connectivity index (χ2n) is 4.77. The van der Waals surface area contributed by atoms with E-state index in [9.17, 15) is 4.79 Å². The van der Waals surface area contributed by atoms with E-state index < -0.39 is 0 Å². The number of carbonyl (C=O) groups excluding carboxylic acids is 1. The third-order valence-electron chi connectivity index (χ3n) is 3.26. The van der Waals surface area contributed by atoms with Crippen LogP contribution in [-0.2, 0) is 4.74 Å². The molecule has 1 saturated heterocycles. The largest absolute Gasteiger partial charge is 0.399 e. The van der Waals surface area contributed by atoms with Gasteiger partial charge in [-0.15, -0.1) is 12.4 Å². The smallest absolute Gasteiger partial charge is 0.252 e. The summed E-state index contributed by atoms with van der Waals surface area (Å²) in [5.41, 5.74) is 6.60. The van der Waals surface area contributed by atoms with Gasteiger partial charge in [-0.3, -0.25) is 4.79 Å². The van der Waals surface area contributed by atoms with Gasteiger partial charge >= 0.3 is 0 Å². The molecule has 112 valence electrons. The van der Waals surface area contributed by atoms with Crippen LogP contribution in [0.25, 0.3) is 0 Å². The zero-order chi connectivity index (χ0) is 13.7. The standard InChI is InChI=1S/C14H19ClN2O2.ClH/c15-13-9-10(16)4-5-12(13)14(18)17-7-6-11-3-1-2-8-19-11;/h4-5,9,11H,1-3,6-8,16H2,(H,17,18);1H. The number of nitrogen functional groups attached to an aromatic ring is 1. The van der Waals surface area contributed by atoms with E-state index in [1.807, 2.05) is 0 Å². The first-order valence-electron chi connectivity index (χ1n) is 6.61. The van der Waals surface area contributed by atoms with E-state index in [1.54, 1.807) is 18.2 Å². The average molecular weight is 319 g/mol. The Morgan fingerprint density at radius 1 is 1.45 bits per heavy atom. The van der Waals surface area contributed by atoms with Gasteiger partial charge in [0.1, 0.15) is 0 Å². The highest BCUT2D eigenvalue weighted by Gasteiger charge is 2.15. The molecule has 20 heavy (non-hydrogen) atoms. The lowest BCUT2D eigenvalue weighted by Gasteiger charge is -2.22. The van der Waals surface area contributed by atoms with Gasteiger partial charge in [0.2, 0.25) is 0 Å². The van der Waals surface area contributed by atoms with Crippen molar-refractivity contribution in [3.8, 4) is 0 Å². The first-order valence-corrected chi connectivity index (χ1v) is 6.99. The van der Waals surface area contributed by atoms with Crippen LogP contribution in [-0.4, -0.2) is 25.2 Å². The Balaban J connectivity index is 0.00000200. The Morgan fingerprint density at radius 2 is 2.25 bits per heavy atom. The topological polar surface area (TPSA) is 64.4 Å². The number of hydrogen-bond donors (Lipinski definition) is 2. The number of anilines is 1. The van der Waals surface area contributed by atoms with Crippen LogP contribution in [0.15, 0.2) is 18.2 Å². The van der Waals surface area contributed by atoms with Crippen molar-refractivity contribution in [2.24, 2.45) is 0 Å². The number of hydrogen-bond acceptors (Lipinski definition) is 3. The van der Waals surface area contributed by atoms with Gasteiger partial charge in [-0.2, -0.15) is 0 Å². The van der Waals surface area contributed by atoms with Crippen LogP contribution in [0.1, 0.15) is 36.0 Å². The monoisotopic (exact) mass is 318 g/mol. The summed E-state index contributed by atoms with van der Waals surface area (Å²) in [6.07, 6.45) is 4.55. The van der Waals surface area contributed by atoms with Gasteiger partial charge in [-0.05, 0) is 43.9 Å². The van der Waals surface area contributed by atoms with Crippen LogP contribution in [0.3, 0.4) is 0 Å². The minimum Gasteiger partial charge on any atom is -0.399 e. The first-order chi connectivity index (χ1) is 9.16. The van der Waals surface area contributed by atoms with Crippen LogP contribution in [0.2, 0.25) is 5.02 Å². The fourth-order valence-corrected chi connectivity index (χ4v) is 2.47. The molecule has 1 fully saturated rings. The predicted octanol–water partition coefficient (Wildman–Crippen LogP) is 3.03. The summed E-state index contributed by atoms with van der Waals surface area (Å²) in [6.45, 7) is 1.44. The van der Waals surface area contributed by atoms with E-state index in [0.717, 1.165) is 25.9 Å². The molecule has 1 aliphatic rings. The molecule has 1 aliphatic heterocycles. The van der Waals surface area contributed by atoms with Crippen molar-refractivity contribution in [1.29, 1.82) is 0 Å². The van der Waals surface area contributed by atoms with Crippen LogP contribution in [0.5, 0.6) is 0 Å². The molecule has 2 rings (SSSR count). The second kappa shape index (κ2) is 8.35. The normalized spacial score (nSPS) is 18.1. The van der Waals surface area contributed by atoms with Crippen LogP contribution >= 0.6 is 24.0 Å². The summed E-state index contributed by atoms with van der Waals surface area (Å²) < 4.78 is 5.61. The predicted molar refractivity (Wildman–Crippen MR) is 83.7 cm³/mol. The number of nitrogens with one attached hydrogen (secondary N) is 1. The average Bonchev–Trinajstić information content (AvgIpc) is 2.39. The van der Waals surface area contributed by atoms with Crippen molar-refractivity contribution in [3.63, 3.8) is 0 Å².